The molecule has 2 aliphatic rings. The third-order valence-corrected chi connectivity index (χ3v) is 9.14. The minimum Gasteiger partial charge on any atom is -0.467 e. The highest BCUT2D eigenvalue weighted by Crippen LogP contribution is 2.49. The average Bonchev–Trinajstić information content (AvgIpc) is 3.39. The van der Waals surface area contributed by atoms with Gasteiger partial charge in [-0.05, 0) is 48.3 Å². The molecule has 3 N–H and O–H groups in total. The highest BCUT2D eigenvalue weighted by atomic mass is 32.1. The molecule has 1 aliphatic heterocycles. The molecule has 1 aliphatic carbocycles. The summed E-state index contributed by atoms with van der Waals surface area (Å²) in [7, 11) is 1.27. The number of fused-ring (bicyclic) bond motifs is 4. The zero-order valence-corrected chi connectivity index (χ0v) is 21.8. The molecule has 1 saturated carbocycles. The lowest BCUT2D eigenvalue weighted by atomic mass is 9.85. The molecule has 208 valence electrons. The Balaban J connectivity index is 1.66. The molecule has 0 radical (unpaired) electrons. The number of piperidine rings is 1. The molecule has 1 saturated heterocycles. The Morgan fingerprint density at radius 3 is 2.50 bits per heavy atom. The van der Waals surface area contributed by atoms with Gasteiger partial charge in [0, 0.05) is 36.0 Å². The Morgan fingerprint density at radius 1 is 1.20 bits per heavy atom. The number of aliphatic hydroxyl groups is 1. The van der Waals surface area contributed by atoms with E-state index in [1.54, 1.807) is 0 Å². The Kier molecular flexibility index (Phi) is 6.23. The number of nitrogen functional groups attached to an aromatic ring is 1. The van der Waals surface area contributed by atoms with Gasteiger partial charge >= 0.3 is 12.2 Å². The van der Waals surface area contributed by atoms with Crippen LogP contribution in [0.1, 0.15) is 24.0 Å². The first-order valence-corrected chi connectivity index (χ1v) is 13.3. The van der Waals surface area contributed by atoms with Crippen molar-refractivity contribution in [1.82, 2.24) is 9.97 Å². The van der Waals surface area contributed by atoms with E-state index in [9.17, 15) is 27.9 Å². The second-order valence-corrected chi connectivity index (χ2v) is 11.2. The number of ether oxygens (including phenoxy) is 1. The second-order valence-electron chi connectivity index (χ2n) is 10.1. The first kappa shape index (κ1) is 26.5. The number of hydrogen-bond donors (Lipinski definition) is 2. The number of nitrogens with two attached hydrogens (primary N) is 1. The van der Waals surface area contributed by atoms with Crippen molar-refractivity contribution in [3.8, 4) is 23.2 Å². The Morgan fingerprint density at radius 2 is 1.90 bits per heavy atom. The van der Waals surface area contributed by atoms with Crippen LogP contribution in [0.4, 0.5) is 32.8 Å². The van der Waals surface area contributed by atoms with Gasteiger partial charge in [0.15, 0.2) is 5.82 Å². The van der Waals surface area contributed by atoms with Gasteiger partial charge < -0.3 is 20.5 Å². The van der Waals surface area contributed by atoms with Crippen molar-refractivity contribution in [3.05, 3.63) is 41.0 Å². The number of nitriles is 1. The summed E-state index contributed by atoms with van der Waals surface area (Å²) in [5, 5.41) is 19.0. The van der Waals surface area contributed by atoms with Crippen LogP contribution in [0.5, 0.6) is 6.01 Å². The van der Waals surface area contributed by atoms with E-state index in [4.69, 9.17) is 10.5 Å². The minimum atomic E-state index is -5.03. The van der Waals surface area contributed by atoms with Crippen molar-refractivity contribution in [3.63, 3.8) is 0 Å². The molecule has 2 aromatic heterocycles. The van der Waals surface area contributed by atoms with Crippen LogP contribution in [0.15, 0.2) is 18.2 Å². The maximum atomic E-state index is 16.5. The third-order valence-electron chi connectivity index (χ3n) is 8.12. The van der Waals surface area contributed by atoms with E-state index < -0.39 is 34.5 Å². The molecule has 2 fully saturated rings. The van der Waals surface area contributed by atoms with Gasteiger partial charge in [-0.3, -0.25) is 0 Å². The molecule has 13 heteroatoms. The molecule has 0 spiro atoms. The third kappa shape index (κ3) is 3.92. The number of benzene rings is 2. The molecule has 2 unspecified atom stereocenters. The first-order chi connectivity index (χ1) is 19.1. The fourth-order valence-corrected chi connectivity index (χ4v) is 7.27. The normalized spacial score (nSPS) is 20.9. The molecule has 40 heavy (non-hydrogen) atoms. The molecule has 6 rings (SSSR count). The summed E-state index contributed by atoms with van der Waals surface area (Å²) in [5.74, 6) is -1.67. The second kappa shape index (κ2) is 9.42. The predicted octanol–water partition coefficient (Wildman–Crippen LogP) is 5.73. The SMILES string of the molecule is COc1nc(N2CC3CCC(C2)C3CO)c2cc(C(F)(F)F)c(-c3ccc(F)c4sc(N)c(C#N)c34)c(F)c2n1. The van der Waals surface area contributed by atoms with E-state index in [1.165, 1.54) is 7.11 Å². The highest BCUT2D eigenvalue weighted by Gasteiger charge is 2.43. The van der Waals surface area contributed by atoms with Crippen LogP contribution in [0, 0.1) is 40.7 Å². The number of nitrogens with zero attached hydrogens (tertiary/aromatic N) is 4. The molecule has 2 atom stereocenters. The van der Waals surface area contributed by atoms with E-state index in [2.05, 4.69) is 9.97 Å². The van der Waals surface area contributed by atoms with Crippen molar-refractivity contribution in [2.75, 3.05) is 37.4 Å². The van der Waals surface area contributed by atoms with Gasteiger partial charge in [0.1, 0.15) is 28.2 Å². The Bertz CT molecular complexity index is 1700. The van der Waals surface area contributed by atoms with Gasteiger partial charge in [0.2, 0.25) is 0 Å². The average molecular weight is 576 g/mol. The van der Waals surface area contributed by atoms with Gasteiger partial charge in [0.05, 0.1) is 22.9 Å². The van der Waals surface area contributed by atoms with E-state index in [-0.39, 0.29) is 67.8 Å². The van der Waals surface area contributed by atoms with Crippen molar-refractivity contribution >= 4 is 43.1 Å². The fraction of sp³-hybridized carbons (Fsp3) is 0.370. The smallest absolute Gasteiger partial charge is 0.417 e. The van der Waals surface area contributed by atoms with Crippen molar-refractivity contribution in [2.24, 2.45) is 17.8 Å². The maximum absolute atomic E-state index is 16.5. The van der Waals surface area contributed by atoms with E-state index in [1.807, 2.05) is 11.0 Å². The van der Waals surface area contributed by atoms with Crippen LogP contribution >= 0.6 is 11.3 Å². The molecule has 3 heterocycles. The number of thiophene rings is 1. The number of hydrogen-bond acceptors (Lipinski definition) is 8. The lowest BCUT2D eigenvalue weighted by Crippen LogP contribution is -2.43. The lowest BCUT2D eigenvalue weighted by molar-refractivity contribution is -0.137. The summed E-state index contributed by atoms with van der Waals surface area (Å²) in [6.45, 7) is 0.886. The van der Waals surface area contributed by atoms with Crippen LogP contribution in [0.3, 0.4) is 0 Å². The highest BCUT2D eigenvalue weighted by molar-refractivity contribution is 7.23. The van der Waals surface area contributed by atoms with Crippen LogP contribution in [0.2, 0.25) is 0 Å². The molecule has 2 bridgehead atoms. The number of anilines is 2. The molecular weight excluding hydrogens is 553 g/mol. The molecule has 0 amide bonds. The van der Waals surface area contributed by atoms with E-state index in [0.717, 1.165) is 31.0 Å². The maximum Gasteiger partial charge on any atom is 0.417 e. The van der Waals surface area contributed by atoms with Crippen LogP contribution < -0.4 is 15.4 Å². The Hall–Kier alpha value is -3.76. The summed E-state index contributed by atoms with van der Waals surface area (Å²) in [6, 6.07) is 4.32. The van der Waals surface area contributed by atoms with Gasteiger partial charge in [0.25, 0.3) is 0 Å². The minimum absolute atomic E-state index is 0.0249. The zero-order valence-electron chi connectivity index (χ0n) is 21.0. The fourth-order valence-electron chi connectivity index (χ4n) is 6.33. The number of halogens is 5. The van der Waals surface area contributed by atoms with Crippen molar-refractivity contribution < 1.29 is 31.8 Å². The number of alkyl halides is 3. The number of aliphatic hydroxyl groups excluding tert-OH is 1. The molecular formula is C27H22F5N5O2S. The van der Waals surface area contributed by atoms with E-state index in [0.29, 0.717) is 24.4 Å². The molecule has 4 aromatic rings. The van der Waals surface area contributed by atoms with Gasteiger partial charge in [-0.25, -0.2) is 8.78 Å². The Labute approximate surface area is 228 Å². The summed E-state index contributed by atoms with van der Waals surface area (Å²) in [4.78, 5) is 10.2. The number of aromatic nitrogens is 2. The number of methoxy groups -OCH3 is 1. The van der Waals surface area contributed by atoms with Crippen LogP contribution in [-0.4, -0.2) is 41.9 Å². The van der Waals surface area contributed by atoms with Crippen LogP contribution in [-0.2, 0) is 6.18 Å². The quantitative estimate of drug-likeness (QED) is 0.300. The first-order valence-electron chi connectivity index (χ1n) is 12.5. The monoisotopic (exact) mass is 575 g/mol. The standard InChI is InChI=1S/C27H22F5N5O2S/c1-39-26-35-22-14(25(36-26)37-8-11-2-3-12(9-37)16(11)10-38)6-17(27(30,31)32)20(21(22)29)13-4-5-18(28)23-19(13)15(7-33)24(34)40-23/h4-6,11-12,16,38H,2-3,8-10,34H2,1H3. The summed E-state index contributed by atoms with van der Waals surface area (Å²) < 4.78 is 80.0. The van der Waals surface area contributed by atoms with Crippen molar-refractivity contribution in [1.29, 1.82) is 5.26 Å². The van der Waals surface area contributed by atoms with E-state index >= 15 is 4.39 Å². The molecule has 2 aromatic carbocycles. The molecule has 7 nitrogen and oxygen atoms in total. The zero-order chi connectivity index (χ0) is 28.5. The number of rotatable bonds is 4. The van der Waals surface area contributed by atoms with Gasteiger partial charge in [-0.1, -0.05) is 6.07 Å². The van der Waals surface area contributed by atoms with Crippen molar-refractivity contribution in [2.45, 2.75) is 19.0 Å². The summed E-state index contributed by atoms with van der Waals surface area (Å²) in [5.41, 5.74) is 2.73. The topological polar surface area (TPSA) is 108 Å². The predicted molar refractivity (Wildman–Crippen MR) is 140 cm³/mol. The van der Waals surface area contributed by atoms with Crippen LogP contribution in [0.25, 0.3) is 32.1 Å². The van der Waals surface area contributed by atoms with Gasteiger partial charge in [-0.2, -0.15) is 28.4 Å². The van der Waals surface area contributed by atoms with Gasteiger partial charge in [-0.15, -0.1) is 11.3 Å². The summed E-state index contributed by atoms with van der Waals surface area (Å²) in [6.07, 6.45) is -3.30. The summed E-state index contributed by atoms with van der Waals surface area (Å²) >= 11 is 0.704. The largest absolute Gasteiger partial charge is 0.467 e. The lowest BCUT2D eigenvalue weighted by Gasteiger charge is -2.38.